The van der Waals surface area contributed by atoms with Gasteiger partial charge in [0.05, 0.1) is 27.7 Å². The Kier molecular flexibility index (Phi) is 4.94. The van der Waals surface area contributed by atoms with E-state index in [0.717, 1.165) is 47.5 Å². The number of hydrogen-bond donors (Lipinski definition) is 0. The summed E-state index contributed by atoms with van der Waals surface area (Å²) in [6.45, 7) is 5.64. The lowest BCUT2D eigenvalue weighted by atomic mass is 10.1. The summed E-state index contributed by atoms with van der Waals surface area (Å²) in [5.41, 5.74) is 2.29. The number of unbranched alkanes of at least 4 members (excludes halogenated alkanes) is 1. The number of nitrogens with zero attached hydrogens (tertiary/aromatic N) is 4. The number of amides is 1. The van der Waals surface area contributed by atoms with Crippen LogP contribution in [0.1, 0.15) is 37.0 Å². The van der Waals surface area contributed by atoms with Gasteiger partial charge in [-0.25, -0.2) is 9.67 Å². The maximum atomic E-state index is 12.9. The Balaban J connectivity index is 2.11. The van der Waals surface area contributed by atoms with Crippen LogP contribution in [0.25, 0.3) is 21.6 Å². The molecule has 0 aliphatic carbocycles. The maximum Gasteiger partial charge on any atom is 0.254 e. The molecule has 3 aromatic rings. The molecule has 126 valence electrons. The quantitative estimate of drug-likeness (QED) is 0.679. The van der Waals surface area contributed by atoms with Crippen LogP contribution >= 0.6 is 11.3 Å². The molecular weight excluding hydrogens is 320 g/mol. The highest BCUT2D eigenvalue weighted by atomic mass is 32.1. The molecule has 6 heteroatoms. The Morgan fingerprint density at radius 1 is 1.38 bits per heavy atom. The molecular formula is C18H22N4OS. The van der Waals surface area contributed by atoms with Crippen LogP contribution in [0.2, 0.25) is 0 Å². The number of aromatic nitrogens is 3. The highest BCUT2D eigenvalue weighted by Crippen LogP contribution is 2.28. The molecule has 0 atom stereocenters. The molecule has 1 amide bonds. The van der Waals surface area contributed by atoms with Gasteiger partial charge in [-0.15, -0.1) is 11.3 Å². The Morgan fingerprint density at radius 2 is 2.21 bits per heavy atom. The Hall–Kier alpha value is -2.21. The molecule has 24 heavy (non-hydrogen) atoms. The molecule has 3 rings (SSSR count). The molecule has 3 aromatic heterocycles. The zero-order chi connectivity index (χ0) is 17.1. The Morgan fingerprint density at radius 3 is 2.88 bits per heavy atom. The van der Waals surface area contributed by atoms with Crippen molar-refractivity contribution in [2.45, 2.75) is 33.2 Å². The highest BCUT2D eigenvalue weighted by molar-refractivity contribution is 7.13. The van der Waals surface area contributed by atoms with Crippen LogP contribution in [-0.2, 0) is 6.54 Å². The van der Waals surface area contributed by atoms with Gasteiger partial charge in [-0.3, -0.25) is 4.79 Å². The van der Waals surface area contributed by atoms with Gasteiger partial charge in [0, 0.05) is 20.1 Å². The maximum absolute atomic E-state index is 12.9. The van der Waals surface area contributed by atoms with Crippen LogP contribution in [0, 0.1) is 0 Å². The largest absolute Gasteiger partial charge is 0.342 e. The summed E-state index contributed by atoms with van der Waals surface area (Å²) in [7, 11) is 1.86. The van der Waals surface area contributed by atoms with E-state index in [-0.39, 0.29) is 5.91 Å². The summed E-state index contributed by atoms with van der Waals surface area (Å²) < 4.78 is 1.84. The van der Waals surface area contributed by atoms with Crippen molar-refractivity contribution in [3.8, 4) is 10.6 Å². The highest BCUT2D eigenvalue weighted by Gasteiger charge is 2.20. The minimum atomic E-state index is 0.0318. The topological polar surface area (TPSA) is 51.0 Å². The predicted octanol–water partition coefficient (Wildman–Crippen LogP) is 4.05. The molecule has 5 nitrogen and oxygen atoms in total. The van der Waals surface area contributed by atoms with Crippen LogP contribution in [-0.4, -0.2) is 39.2 Å². The Labute approximate surface area is 145 Å². The average molecular weight is 342 g/mol. The summed E-state index contributed by atoms with van der Waals surface area (Å²) >= 11 is 1.63. The fraction of sp³-hybridized carbons (Fsp3) is 0.389. The third-order valence-corrected chi connectivity index (χ3v) is 5.00. The molecule has 0 spiro atoms. The molecule has 0 aromatic carbocycles. The second-order valence-electron chi connectivity index (χ2n) is 5.81. The van der Waals surface area contributed by atoms with E-state index in [4.69, 9.17) is 4.98 Å². The SMILES string of the molecule is CCCCN(C)C(=O)c1cc(-c2cccs2)nc2c1cnn2CC. The van der Waals surface area contributed by atoms with E-state index in [2.05, 4.69) is 12.0 Å². The fourth-order valence-corrected chi connectivity index (χ4v) is 3.40. The number of thiophene rings is 1. The van der Waals surface area contributed by atoms with Gasteiger partial charge in [-0.1, -0.05) is 19.4 Å². The molecule has 0 bridgehead atoms. The smallest absolute Gasteiger partial charge is 0.254 e. The van der Waals surface area contributed by atoms with Crippen LogP contribution in [0.15, 0.2) is 29.8 Å². The minimum Gasteiger partial charge on any atom is -0.342 e. The van der Waals surface area contributed by atoms with E-state index in [9.17, 15) is 4.79 Å². The summed E-state index contributed by atoms with van der Waals surface area (Å²) in [6.07, 6.45) is 3.82. The van der Waals surface area contributed by atoms with Crippen molar-refractivity contribution < 1.29 is 4.79 Å². The van der Waals surface area contributed by atoms with Crippen molar-refractivity contribution in [1.82, 2.24) is 19.7 Å². The number of carbonyl (C=O) groups is 1. The van der Waals surface area contributed by atoms with Gasteiger partial charge < -0.3 is 4.90 Å². The van der Waals surface area contributed by atoms with Crippen LogP contribution in [0.4, 0.5) is 0 Å². The van der Waals surface area contributed by atoms with Crippen molar-refractivity contribution in [3.05, 3.63) is 35.3 Å². The van der Waals surface area contributed by atoms with E-state index in [1.54, 1.807) is 22.4 Å². The van der Waals surface area contributed by atoms with Crippen molar-refractivity contribution >= 4 is 28.3 Å². The number of fused-ring (bicyclic) bond motifs is 1. The first kappa shape index (κ1) is 16.6. The van der Waals surface area contributed by atoms with E-state index >= 15 is 0 Å². The van der Waals surface area contributed by atoms with Crippen molar-refractivity contribution in [2.24, 2.45) is 0 Å². The molecule has 0 unspecified atom stereocenters. The van der Waals surface area contributed by atoms with Gasteiger partial charge in [0.2, 0.25) is 0 Å². The zero-order valence-corrected chi connectivity index (χ0v) is 15.1. The lowest BCUT2D eigenvalue weighted by Gasteiger charge is -2.17. The standard InChI is InChI=1S/C18H22N4OS/c1-4-6-9-21(3)18(23)13-11-15(16-8-7-10-24-16)20-17-14(13)12-19-22(17)5-2/h7-8,10-12H,4-6,9H2,1-3H3. The number of hydrogen-bond acceptors (Lipinski definition) is 4. The van der Waals surface area contributed by atoms with Gasteiger partial charge in [0.25, 0.3) is 5.91 Å². The molecule has 0 saturated carbocycles. The van der Waals surface area contributed by atoms with Crippen LogP contribution in [0.5, 0.6) is 0 Å². The molecule has 0 aliphatic rings. The van der Waals surface area contributed by atoms with Gasteiger partial charge >= 0.3 is 0 Å². The van der Waals surface area contributed by atoms with E-state index in [1.165, 1.54) is 0 Å². The molecule has 0 N–H and O–H groups in total. The second kappa shape index (κ2) is 7.13. The molecule has 0 saturated heterocycles. The first-order valence-corrected chi connectivity index (χ1v) is 9.19. The third-order valence-electron chi connectivity index (χ3n) is 4.11. The van der Waals surface area contributed by atoms with Crippen molar-refractivity contribution in [1.29, 1.82) is 0 Å². The molecule has 3 heterocycles. The first-order chi connectivity index (χ1) is 11.7. The third kappa shape index (κ3) is 3.06. The summed E-state index contributed by atoms with van der Waals surface area (Å²) in [6, 6.07) is 5.93. The zero-order valence-electron chi connectivity index (χ0n) is 14.3. The number of rotatable bonds is 6. The molecule has 0 fully saturated rings. The first-order valence-electron chi connectivity index (χ1n) is 8.31. The molecule has 0 radical (unpaired) electrons. The van der Waals surface area contributed by atoms with Crippen LogP contribution in [0.3, 0.4) is 0 Å². The minimum absolute atomic E-state index is 0.0318. The van der Waals surface area contributed by atoms with E-state index in [1.807, 2.05) is 42.2 Å². The lowest BCUT2D eigenvalue weighted by molar-refractivity contribution is 0.0795. The van der Waals surface area contributed by atoms with Gasteiger partial charge in [-0.2, -0.15) is 5.10 Å². The van der Waals surface area contributed by atoms with Gasteiger partial charge in [-0.05, 0) is 30.9 Å². The van der Waals surface area contributed by atoms with Crippen molar-refractivity contribution in [2.75, 3.05) is 13.6 Å². The fourth-order valence-electron chi connectivity index (χ4n) is 2.71. The monoisotopic (exact) mass is 342 g/mol. The average Bonchev–Trinajstić information content (AvgIpc) is 3.27. The number of carbonyl (C=O) groups excluding carboxylic acids is 1. The second-order valence-corrected chi connectivity index (χ2v) is 6.76. The lowest BCUT2D eigenvalue weighted by Crippen LogP contribution is -2.28. The van der Waals surface area contributed by atoms with Gasteiger partial charge in [0.15, 0.2) is 5.65 Å². The van der Waals surface area contributed by atoms with E-state index < -0.39 is 0 Å². The summed E-state index contributed by atoms with van der Waals surface area (Å²) in [5.74, 6) is 0.0318. The van der Waals surface area contributed by atoms with Crippen molar-refractivity contribution in [3.63, 3.8) is 0 Å². The van der Waals surface area contributed by atoms with Gasteiger partial charge in [0.1, 0.15) is 0 Å². The van der Waals surface area contributed by atoms with Crippen LogP contribution < -0.4 is 0 Å². The molecule has 0 aliphatic heterocycles. The number of aryl methyl sites for hydroxylation is 1. The van der Waals surface area contributed by atoms with E-state index in [0.29, 0.717) is 5.56 Å². The number of pyridine rings is 1. The summed E-state index contributed by atoms with van der Waals surface area (Å²) in [5, 5.41) is 7.23. The normalized spacial score (nSPS) is 11.1. The summed E-state index contributed by atoms with van der Waals surface area (Å²) in [4.78, 5) is 20.6. The Bertz CT molecular complexity index is 838. The predicted molar refractivity (Wildman–Crippen MR) is 98.4 cm³/mol.